The number of rotatable bonds is 4. The average Bonchev–Trinajstić information content (AvgIpc) is 2.96. The second-order valence-electron chi connectivity index (χ2n) is 5.21. The number of hydrogen-bond acceptors (Lipinski definition) is 2. The fraction of sp³-hybridized carbons (Fsp3) is 0.500. The largest absolute Gasteiger partial charge is 0.481 e. The van der Waals surface area contributed by atoms with Gasteiger partial charge in [-0.25, -0.2) is 0 Å². The van der Waals surface area contributed by atoms with Crippen molar-refractivity contribution in [3.63, 3.8) is 0 Å². The zero-order valence-corrected chi connectivity index (χ0v) is 10.5. The first-order valence-corrected chi connectivity index (χ1v) is 7.25. The lowest BCUT2D eigenvalue weighted by molar-refractivity contribution is -0.137. The molecule has 1 N–H and O–H groups in total. The van der Waals surface area contributed by atoms with Gasteiger partial charge in [-0.2, -0.15) is 11.8 Å². The lowest BCUT2D eigenvalue weighted by Crippen LogP contribution is -2.17. The normalized spacial score (nSPS) is 21.9. The second-order valence-corrected chi connectivity index (χ2v) is 6.29. The van der Waals surface area contributed by atoms with Crippen LogP contribution in [0.4, 0.5) is 0 Å². The zero-order valence-electron chi connectivity index (χ0n) is 9.69. The number of aliphatic carboxylic acids is 1. The number of carbonyl (C=O) groups is 1. The molecule has 1 saturated carbocycles. The minimum atomic E-state index is -0.674. The summed E-state index contributed by atoms with van der Waals surface area (Å²) < 4.78 is 0. The van der Waals surface area contributed by atoms with Gasteiger partial charge in [0.05, 0.1) is 6.42 Å². The SMILES string of the molecule is O=C(O)CC1(c2cccc(C3CSC3)c2)CC1. The molecule has 0 aromatic heterocycles. The summed E-state index contributed by atoms with van der Waals surface area (Å²) in [4.78, 5) is 10.9. The van der Waals surface area contributed by atoms with Crippen molar-refractivity contribution in [1.29, 1.82) is 0 Å². The van der Waals surface area contributed by atoms with Gasteiger partial charge in [-0.05, 0) is 24.0 Å². The summed E-state index contributed by atoms with van der Waals surface area (Å²) in [6, 6.07) is 8.63. The Morgan fingerprint density at radius 2 is 2.18 bits per heavy atom. The highest BCUT2D eigenvalue weighted by atomic mass is 32.2. The molecule has 0 atom stereocenters. The van der Waals surface area contributed by atoms with Gasteiger partial charge >= 0.3 is 5.97 Å². The molecule has 1 aromatic rings. The maximum atomic E-state index is 10.9. The minimum absolute atomic E-state index is 0.0429. The third kappa shape index (κ3) is 2.08. The van der Waals surface area contributed by atoms with E-state index in [-0.39, 0.29) is 11.8 Å². The molecule has 1 heterocycles. The van der Waals surface area contributed by atoms with Crippen LogP contribution in [0.2, 0.25) is 0 Å². The van der Waals surface area contributed by atoms with E-state index in [9.17, 15) is 4.79 Å². The molecule has 1 aliphatic heterocycles. The molecule has 0 amide bonds. The van der Waals surface area contributed by atoms with Gasteiger partial charge < -0.3 is 5.11 Å². The fourth-order valence-electron chi connectivity index (χ4n) is 2.56. The number of hydrogen-bond donors (Lipinski definition) is 1. The Morgan fingerprint density at radius 1 is 1.41 bits per heavy atom. The molecule has 0 bridgehead atoms. The average molecular weight is 248 g/mol. The topological polar surface area (TPSA) is 37.3 Å². The third-order valence-corrected chi connectivity index (χ3v) is 5.23. The van der Waals surface area contributed by atoms with Crippen LogP contribution in [0, 0.1) is 0 Å². The van der Waals surface area contributed by atoms with Crippen molar-refractivity contribution in [2.75, 3.05) is 11.5 Å². The summed E-state index contributed by atoms with van der Waals surface area (Å²) in [6.45, 7) is 0. The lowest BCUT2D eigenvalue weighted by atomic mass is 9.89. The Morgan fingerprint density at radius 3 is 2.71 bits per heavy atom. The van der Waals surface area contributed by atoms with Crippen LogP contribution in [0.3, 0.4) is 0 Å². The van der Waals surface area contributed by atoms with E-state index in [4.69, 9.17) is 5.11 Å². The molecule has 1 aliphatic carbocycles. The summed E-state index contributed by atoms with van der Waals surface area (Å²) in [7, 11) is 0. The van der Waals surface area contributed by atoms with Gasteiger partial charge in [-0.15, -0.1) is 0 Å². The molecule has 0 radical (unpaired) electrons. The summed E-state index contributed by atoms with van der Waals surface area (Å²) in [6.07, 6.45) is 2.35. The zero-order chi connectivity index (χ0) is 11.9. The van der Waals surface area contributed by atoms with E-state index in [1.54, 1.807) is 0 Å². The molecule has 1 saturated heterocycles. The van der Waals surface area contributed by atoms with Crippen molar-refractivity contribution in [3.8, 4) is 0 Å². The van der Waals surface area contributed by atoms with Crippen molar-refractivity contribution in [3.05, 3.63) is 35.4 Å². The lowest BCUT2D eigenvalue weighted by Gasteiger charge is -2.26. The van der Waals surface area contributed by atoms with Crippen LogP contribution in [0.1, 0.15) is 36.3 Å². The highest BCUT2D eigenvalue weighted by molar-refractivity contribution is 8.00. The van der Waals surface area contributed by atoms with Crippen molar-refractivity contribution >= 4 is 17.7 Å². The van der Waals surface area contributed by atoms with Crippen LogP contribution in [-0.4, -0.2) is 22.6 Å². The van der Waals surface area contributed by atoms with Crippen molar-refractivity contribution in [2.24, 2.45) is 0 Å². The van der Waals surface area contributed by atoms with Crippen molar-refractivity contribution < 1.29 is 9.90 Å². The van der Waals surface area contributed by atoms with Gasteiger partial charge in [0.1, 0.15) is 0 Å². The van der Waals surface area contributed by atoms with Crippen molar-refractivity contribution in [2.45, 2.75) is 30.6 Å². The van der Waals surface area contributed by atoms with Gasteiger partial charge in [-0.3, -0.25) is 4.79 Å². The standard InChI is InChI=1S/C14H16O2S/c15-13(16)7-14(4-5-14)12-3-1-2-10(6-12)11-8-17-9-11/h1-3,6,11H,4-5,7-9H2,(H,15,16). The second kappa shape index (κ2) is 4.05. The minimum Gasteiger partial charge on any atom is -0.481 e. The molecule has 2 aliphatic rings. The Bertz CT molecular complexity index is 447. The van der Waals surface area contributed by atoms with Crippen LogP contribution in [0.15, 0.2) is 24.3 Å². The molecular formula is C14H16O2S. The molecule has 2 nitrogen and oxygen atoms in total. The molecule has 0 spiro atoms. The quantitative estimate of drug-likeness (QED) is 0.890. The van der Waals surface area contributed by atoms with E-state index in [2.05, 4.69) is 24.3 Å². The Labute approximate surface area is 105 Å². The number of thioether (sulfide) groups is 1. The van der Waals surface area contributed by atoms with Gasteiger partial charge in [0.25, 0.3) is 0 Å². The maximum Gasteiger partial charge on any atom is 0.304 e. The molecule has 3 heteroatoms. The van der Waals surface area contributed by atoms with Crippen LogP contribution < -0.4 is 0 Å². The third-order valence-electron chi connectivity index (χ3n) is 3.95. The molecule has 3 rings (SSSR count). The summed E-state index contributed by atoms with van der Waals surface area (Å²) in [5, 5.41) is 8.98. The number of carboxylic acids is 1. The Kier molecular flexibility index (Phi) is 2.66. The summed E-state index contributed by atoms with van der Waals surface area (Å²) in [5.41, 5.74) is 2.60. The molecular weight excluding hydrogens is 232 g/mol. The van der Waals surface area contributed by atoms with Crippen LogP contribution in [-0.2, 0) is 10.2 Å². The monoisotopic (exact) mass is 248 g/mol. The van der Waals surface area contributed by atoms with Gasteiger partial charge in [0.15, 0.2) is 0 Å². The predicted octanol–water partition coefficient (Wildman–Crippen LogP) is 3.02. The highest BCUT2D eigenvalue weighted by Gasteiger charge is 2.46. The van der Waals surface area contributed by atoms with Gasteiger partial charge in [0.2, 0.25) is 0 Å². The highest BCUT2D eigenvalue weighted by Crippen LogP contribution is 2.51. The van der Waals surface area contributed by atoms with E-state index >= 15 is 0 Å². The molecule has 1 aromatic carbocycles. The van der Waals surface area contributed by atoms with Gasteiger partial charge in [-0.1, -0.05) is 24.3 Å². The molecule has 17 heavy (non-hydrogen) atoms. The van der Waals surface area contributed by atoms with Crippen molar-refractivity contribution in [1.82, 2.24) is 0 Å². The van der Waals surface area contributed by atoms with E-state index in [0.717, 1.165) is 12.8 Å². The fourth-order valence-corrected chi connectivity index (χ4v) is 3.41. The first-order chi connectivity index (χ1) is 8.20. The number of carboxylic acid groups (broad SMARTS) is 1. The summed E-state index contributed by atoms with van der Waals surface area (Å²) in [5.74, 6) is 2.46. The predicted molar refractivity (Wildman–Crippen MR) is 69.7 cm³/mol. The van der Waals surface area contributed by atoms with E-state index in [1.165, 1.54) is 22.6 Å². The number of benzene rings is 1. The van der Waals surface area contributed by atoms with E-state index in [1.807, 2.05) is 11.8 Å². The molecule has 90 valence electrons. The first kappa shape index (κ1) is 11.1. The maximum absolute atomic E-state index is 10.9. The van der Waals surface area contributed by atoms with E-state index < -0.39 is 5.97 Å². The molecule has 0 unspecified atom stereocenters. The van der Waals surface area contributed by atoms with Crippen LogP contribution in [0.5, 0.6) is 0 Å². The smallest absolute Gasteiger partial charge is 0.304 e. The Hall–Kier alpha value is -0.960. The van der Waals surface area contributed by atoms with Gasteiger partial charge in [0, 0.05) is 22.8 Å². The van der Waals surface area contributed by atoms with Crippen LogP contribution in [0.25, 0.3) is 0 Å². The molecule has 2 fully saturated rings. The Balaban J connectivity index is 1.85. The first-order valence-electron chi connectivity index (χ1n) is 6.10. The van der Waals surface area contributed by atoms with Crippen LogP contribution >= 0.6 is 11.8 Å². The summed E-state index contributed by atoms with van der Waals surface area (Å²) >= 11 is 1.99. The van der Waals surface area contributed by atoms with E-state index in [0.29, 0.717) is 5.92 Å².